The molecule has 1 N–H and O–H groups in total. The zero-order valence-electron chi connectivity index (χ0n) is 11.0. The molecule has 0 atom stereocenters. The molecule has 0 saturated heterocycles. The number of aromatic nitrogens is 1. The summed E-state index contributed by atoms with van der Waals surface area (Å²) in [6.07, 6.45) is 0. The smallest absolute Gasteiger partial charge is 0.219 e. The Morgan fingerprint density at radius 1 is 1.11 bits per heavy atom. The van der Waals surface area contributed by atoms with Crippen molar-refractivity contribution in [2.45, 2.75) is 20.4 Å². The SMILES string of the molecule is CNCc1ccc(Oc2ccccc2C)nc1C. The average molecular weight is 242 g/mol. The lowest BCUT2D eigenvalue weighted by molar-refractivity contribution is 0.457. The molecule has 0 aliphatic heterocycles. The standard InChI is InChI=1S/C15H18N2O/c1-11-6-4-5-7-14(11)18-15-9-8-13(10-16-3)12(2)17-15/h4-9,16H,10H2,1-3H3. The summed E-state index contributed by atoms with van der Waals surface area (Å²) >= 11 is 0. The third-order valence-corrected chi connectivity index (χ3v) is 2.85. The molecule has 3 nitrogen and oxygen atoms in total. The van der Waals surface area contributed by atoms with Crippen molar-refractivity contribution in [1.29, 1.82) is 0 Å². The van der Waals surface area contributed by atoms with Crippen LogP contribution in [0.4, 0.5) is 0 Å². The molecule has 0 bridgehead atoms. The van der Waals surface area contributed by atoms with Crippen LogP contribution in [0.3, 0.4) is 0 Å². The van der Waals surface area contributed by atoms with Crippen LogP contribution in [0.15, 0.2) is 36.4 Å². The Bertz CT molecular complexity index is 538. The summed E-state index contributed by atoms with van der Waals surface area (Å²) in [7, 11) is 1.93. The van der Waals surface area contributed by atoms with E-state index in [-0.39, 0.29) is 0 Å². The third-order valence-electron chi connectivity index (χ3n) is 2.85. The highest BCUT2D eigenvalue weighted by molar-refractivity contribution is 5.35. The van der Waals surface area contributed by atoms with Gasteiger partial charge in [0.1, 0.15) is 5.75 Å². The molecule has 0 aliphatic carbocycles. The minimum Gasteiger partial charge on any atom is -0.439 e. The number of aryl methyl sites for hydroxylation is 2. The zero-order valence-corrected chi connectivity index (χ0v) is 11.0. The van der Waals surface area contributed by atoms with Crippen LogP contribution in [0.2, 0.25) is 0 Å². The molecule has 1 aromatic heterocycles. The van der Waals surface area contributed by atoms with Gasteiger partial charge in [-0.05, 0) is 38.1 Å². The molecule has 1 heterocycles. The molecule has 0 saturated carbocycles. The molecule has 3 heteroatoms. The average Bonchev–Trinajstić information content (AvgIpc) is 2.36. The Balaban J connectivity index is 2.20. The van der Waals surface area contributed by atoms with Gasteiger partial charge in [0.25, 0.3) is 0 Å². The number of para-hydroxylation sites is 1. The van der Waals surface area contributed by atoms with Gasteiger partial charge in [-0.2, -0.15) is 0 Å². The molecular weight excluding hydrogens is 224 g/mol. The number of nitrogens with zero attached hydrogens (tertiary/aromatic N) is 1. The van der Waals surface area contributed by atoms with E-state index in [1.165, 1.54) is 5.56 Å². The van der Waals surface area contributed by atoms with Gasteiger partial charge < -0.3 is 10.1 Å². The van der Waals surface area contributed by atoms with E-state index in [0.29, 0.717) is 5.88 Å². The summed E-state index contributed by atoms with van der Waals surface area (Å²) in [6, 6.07) is 11.9. The second-order valence-electron chi connectivity index (χ2n) is 4.29. The number of benzene rings is 1. The first-order valence-corrected chi connectivity index (χ1v) is 6.05. The number of rotatable bonds is 4. The Morgan fingerprint density at radius 3 is 2.56 bits per heavy atom. The van der Waals surface area contributed by atoms with Gasteiger partial charge in [-0.15, -0.1) is 0 Å². The van der Waals surface area contributed by atoms with Crippen LogP contribution in [0.5, 0.6) is 11.6 Å². The van der Waals surface area contributed by atoms with E-state index in [0.717, 1.165) is 23.6 Å². The largest absolute Gasteiger partial charge is 0.439 e. The molecule has 2 aromatic rings. The first kappa shape index (κ1) is 12.6. The van der Waals surface area contributed by atoms with E-state index in [9.17, 15) is 0 Å². The fourth-order valence-corrected chi connectivity index (χ4v) is 1.78. The summed E-state index contributed by atoms with van der Waals surface area (Å²) in [5.74, 6) is 1.49. The van der Waals surface area contributed by atoms with Crippen LogP contribution in [0.25, 0.3) is 0 Å². The van der Waals surface area contributed by atoms with Crippen molar-refractivity contribution in [3.05, 3.63) is 53.2 Å². The van der Waals surface area contributed by atoms with Crippen LogP contribution in [0.1, 0.15) is 16.8 Å². The van der Waals surface area contributed by atoms with Gasteiger partial charge in [-0.1, -0.05) is 24.3 Å². The predicted molar refractivity (Wildman–Crippen MR) is 73.0 cm³/mol. The number of nitrogens with one attached hydrogen (secondary N) is 1. The van der Waals surface area contributed by atoms with Gasteiger partial charge in [-0.25, -0.2) is 4.98 Å². The van der Waals surface area contributed by atoms with Crippen LogP contribution < -0.4 is 10.1 Å². The first-order chi connectivity index (χ1) is 8.70. The van der Waals surface area contributed by atoms with Gasteiger partial charge in [0.05, 0.1) is 0 Å². The summed E-state index contributed by atoms with van der Waals surface area (Å²) < 4.78 is 5.79. The predicted octanol–water partition coefficient (Wildman–Crippen LogP) is 3.21. The molecule has 2 rings (SSSR count). The highest BCUT2D eigenvalue weighted by Crippen LogP contribution is 2.23. The lowest BCUT2D eigenvalue weighted by atomic mass is 10.2. The van der Waals surface area contributed by atoms with E-state index < -0.39 is 0 Å². The quantitative estimate of drug-likeness (QED) is 0.894. The highest BCUT2D eigenvalue weighted by atomic mass is 16.5. The Morgan fingerprint density at radius 2 is 1.89 bits per heavy atom. The van der Waals surface area contributed by atoms with E-state index in [2.05, 4.69) is 10.3 Å². The molecule has 1 aromatic carbocycles. The van der Waals surface area contributed by atoms with Gasteiger partial charge in [-0.3, -0.25) is 0 Å². The monoisotopic (exact) mass is 242 g/mol. The second kappa shape index (κ2) is 5.65. The van der Waals surface area contributed by atoms with E-state index in [1.54, 1.807) is 0 Å². The van der Waals surface area contributed by atoms with Crippen molar-refractivity contribution >= 4 is 0 Å². The minimum atomic E-state index is 0.640. The van der Waals surface area contributed by atoms with Gasteiger partial charge in [0.2, 0.25) is 5.88 Å². The van der Waals surface area contributed by atoms with Crippen molar-refractivity contribution in [3.63, 3.8) is 0 Å². The topological polar surface area (TPSA) is 34.1 Å². The molecule has 18 heavy (non-hydrogen) atoms. The van der Waals surface area contributed by atoms with Crippen molar-refractivity contribution in [3.8, 4) is 11.6 Å². The molecule has 0 aliphatic rings. The maximum atomic E-state index is 5.79. The fraction of sp³-hybridized carbons (Fsp3) is 0.267. The van der Waals surface area contributed by atoms with Gasteiger partial charge in [0.15, 0.2) is 0 Å². The van der Waals surface area contributed by atoms with Crippen LogP contribution >= 0.6 is 0 Å². The first-order valence-electron chi connectivity index (χ1n) is 6.05. The van der Waals surface area contributed by atoms with E-state index in [1.807, 2.05) is 57.3 Å². The Hall–Kier alpha value is -1.87. The normalized spacial score (nSPS) is 10.4. The van der Waals surface area contributed by atoms with Crippen molar-refractivity contribution in [2.75, 3.05) is 7.05 Å². The number of pyridine rings is 1. The summed E-state index contributed by atoms with van der Waals surface area (Å²) in [5.41, 5.74) is 3.29. The van der Waals surface area contributed by atoms with Crippen LogP contribution in [-0.2, 0) is 6.54 Å². The van der Waals surface area contributed by atoms with Crippen LogP contribution in [0, 0.1) is 13.8 Å². The number of hydrogen-bond acceptors (Lipinski definition) is 3. The Labute approximate surface area is 108 Å². The molecule has 0 radical (unpaired) electrons. The fourth-order valence-electron chi connectivity index (χ4n) is 1.78. The molecule has 0 amide bonds. The van der Waals surface area contributed by atoms with Gasteiger partial charge >= 0.3 is 0 Å². The second-order valence-corrected chi connectivity index (χ2v) is 4.29. The molecule has 0 fully saturated rings. The van der Waals surface area contributed by atoms with E-state index >= 15 is 0 Å². The Kier molecular flexibility index (Phi) is 3.95. The molecule has 0 unspecified atom stereocenters. The maximum Gasteiger partial charge on any atom is 0.219 e. The lowest BCUT2D eigenvalue weighted by Gasteiger charge is -2.10. The lowest BCUT2D eigenvalue weighted by Crippen LogP contribution is -2.07. The molecule has 94 valence electrons. The van der Waals surface area contributed by atoms with Crippen molar-refractivity contribution in [1.82, 2.24) is 10.3 Å². The van der Waals surface area contributed by atoms with Gasteiger partial charge in [0, 0.05) is 18.3 Å². The third kappa shape index (κ3) is 2.87. The van der Waals surface area contributed by atoms with E-state index in [4.69, 9.17) is 4.74 Å². The number of hydrogen-bond donors (Lipinski definition) is 1. The summed E-state index contributed by atoms with van der Waals surface area (Å²) in [6.45, 7) is 4.85. The highest BCUT2D eigenvalue weighted by Gasteiger charge is 2.04. The summed E-state index contributed by atoms with van der Waals surface area (Å²) in [5, 5.41) is 3.12. The maximum absolute atomic E-state index is 5.79. The molecule has 0 spiro atoms. The van der Waals surface area contributed by atoms with Crippen molar-refractivity contribution < 1.29 is 4.74 Å². The van der Waals surface area contributed by atoms with Crippen LogP contribution in [-0.4, -0.2) is 12.0 Å². The zero-order chi connectivity index (χ0) is 13.0. The molecular formula is C15H18N2O. The van der Waals surface area contributed by atoms with Crippen molar-refractivity contribution in [2.24, 2.45) is 0 Å². The minimum absolute atomic E-state index is 0.640. The number of ether oxygens (including phenoxy) is 1. The summed E-state index contributed by atoms with van der Waals surface area (Å²) in [4.78, 5) is 4.47.